The van der Waals surface area contributed by atoms with E-state index in [-0.39, 0.29) is 46.7 Å². The molecule has 0 radical (unpaired) electrons. The summed E-state index contributed by atoms with van der Waals surface area (Å²) in [5, 5.41) is 0. The molecular weight excluding hydrogens is 324 g/mol. The van der Waals surface area contributed by atoms with E-state index in [0.717, 1.165) is 13.2 Å². The van der Waals surface area contributed by atoms with E-state index in [4.69, 9.17) is 14.2 Å². The van der Waals surface area contributed by atoms with E-state index in [0.29, 0.717) is 13.2 Å². The highest BCUT2D eigenvalue weighted by atomic mass is 19.3. The Labute approximate surface area is 136 Å². The van der Waals surface area contributed by atoms with Crippen LogP contribution in [0.25, 0.3) is 0 Å². The number of hydrogen-bond donors (Lipinski definition) is 0. The molecule has 2 aliphatic heterocycles. The molecule has 2 unspecified atom stereocenters. The van der Waals surface area contributed by atoms with Gasteiger partial charge in [-0.1, -0.05) is 14.9 Å². The van der Waals surface area contributed by atoms with Crippen molar-refractivity contribution >= 4 is 0 Å². The molecule has 0 spiro atoms. The summed E-state index contributed by atoms with van der Waals surface area (Å²) in [4.78, 5) is 3.04. The van der Waals surface area contributed by atoms with E-state index in [1.807, 2.05) is 0 Å². The number of halogens is 4. The van der Waals surface area contributed by atoms with Crippen LogP contribution in [0.1, 0.15) is 21.3 Å². The van der Waals surface area contributed by atoms with Crippen LogP contribution < -0.4 is 0 Å². The average Bonchev–Trinajstić information content (AvgIpc) is 3.39. The van der Waals surface area contributed by atoms with E-state index in [2.05, 4.69) is 9.68 Å². The van der Waals surface area contributed by atoms with Crippen molar-refractivity contribution in [1.82, 2.24) is 0 Å². The molecule has 144 valence electrons. The molecule has 0 aromatic carbocycles. The van der Waals surface area contributed by atoms with Crippen LogP contribution in [0.3, 0.4) is 0 Å². The first-order valence-corrected chi connectivity index (χ1v) is 6.58. The zero-order chi connectivity index (χ0) is 15.8. The van der Waals surface area contributed by atoms with Gasteiger partial charge in [-0.05, 0) is 4.53 Å². The van der Waals surface area contributed by atoms with Gasteiger partial charge in [0.25, 0.3) is 0 Å². The molecule has 2 aliphatic rings. The topological polar surface area (TPSA) is 52.8 Å². The summed E-state index contributed by atoms with van der Waals surface area (Å²) in [6.07, 6.45) is 0.605. The summed E-state index contributed by atoms with van der Waals surface area (Å²) >= 11 is 0. The van der Waals surface area contributed by atoms with Crippen LogP contribution in [0.15, 0.2) is 0 Å². The lowest BCUT2D eigenvalue weighted by molar-refractivity contribution is -0.133. The van der Waals surface area contributed by atoms with Gasteiger partial charge >= 0.3 is 0 Å². The van der Waals surface area contributed by atoms with Crippen LogP contribution in [0.5, 0.6) is 0 Å². The van der Waals surface area contributed by atoms with Gasteiger partial charge in [0.1, 0.15) is 18.9 Å². The van der Waals surface area contributed by atoms with Crippen LogP contribution in [0.2, 0.25) is 0 Å². The van der Waals surface area contributed by atoms with E-state index < -0.39 is 20.2 Å². The Bertz CT molecular complexity index is 204. The zero-order valence-electron chi connectivity index (χ0n) is 11.8. The Balaban J connectivity index is -0.000000253. The minimum atomic E-state index is -0.695. The first-order valence-electron chi connectivity index (χ1n) is 6.58. The highest BCUT2D eigenvalue weighted by Gasteiger charge is 2.22. The maximum atomic E-state index is 11.3. The van der Waals surface area contributed by atoms with Crippen molar-refractivity contribution in [2.24, 2.45) is 0 Å². The largest absolute Gasteiger partial charge is 0.376 e. The highest BCUT2D eigenvalue weighted by molar-refractivity contribution is 4.67. The monoisotopic (exact) mass is 354 g/mol. The minimum absolute atomic E-state index is 0. The fourth-order valence-corrected chi connectivity index (χ4v) is 0.883. The molecule has 9 heteroatoms. The zero-order valence-corrected chi connectivity index (χ0v) is 11.8. The van der Waals surface area contributed by atoms with Gasteiger partial charge in [-0.3, -0.25) is 4.39 Å². The summed E-state index contributed by atoms with van der Waals surface area (Å²) in [7, 11) is 0. The molecule has 0 aliphatic carbocycles. The van der Waals surface area contributed by atoms with E-state index >= 15 is 0 Å². The average molecular weight is 354 g/mol. The molecule has 2 rings (SSSR count). The van der Waals surface area contributed by atoms with Crippen molar-refractivity contribution in [3.63, 3.8) is 0 Å². The lowest BCUT2D eigenvalue weighted by atomic mass is 10.5. The minimum Gasteiger partial charge on any atom is -0.376 e. The summed E-state index contributed by atoms with van der Waals surface area (Å²) in [5.74, 6) is 0. The second kappa shape index (κ2) is 21.5. The molecule has 2 atom stereocenters. The molecule has 0 amide bonds. The fourth-order valence-electron chi connectivity index (χ4n) is 0.883. The Morgan fingerprint density at radius 3 is 1.65 bits per heavy atom. The van der Waals surface area contributed by atoms with E-state index in [1.165, 1.54) is 0 Å². The Morgan fingerprint density at radius 1 is 0.826 bits per heavy atom. The summed E-state index contributed by atoms with van der Waals surface area (Å²) in [6.45, 7) is 0.972. The fraction of sp³-hybridized carbons (Fsp3) is 1.00. The van der Waals surface area contributed by atoms with Crippen molar-refractivity contribution in [3.05, 3.63) is 0 Å². The van der Waals surface area contributed by atoms with Crippen LogP contribution in [-0.2, 0) is 23.9 Å². The second-order valence-corrected chi connectivity index (χ2v) is 4.01. The number of epoxide rings is 2. The van der Waals surface area contributed by atoms with Gasteiger partial charge in [-0.15, -0.1) is 0 Å². The smallest absolute Gasteiger partial charge is 0.188 e. The predicted octanol–water partition coefficient (Wildman–Crippen LogP) is 3.22. The standard InChI is InChI=1S/C5H9FO2.C4H7FO2.C3H6F2O.2CH4/c6-1-2-7-3-5-4-8-5;5-3-6-1-4-2-7-4;4-2-1-3-6-5;;/h5H,1-4H2;4H,1-3H2;1-3H2;2*1H4. The van der Waals surface area contributed by atoms with Gasteiger partial charge in [0.05, 0.1) is 46.3 Å². The van der Waals surface area contributed by atoms with E-state index in [9.17, 15) is 17.7 Å². The van der Waals surface area contributed by atoms with Gasteiger partial charge in [0.2, 0.25) is 0 Å². The quantitative estimate of drug-likeness (QED) is 0.343. The highest BCUT2D eigenvalue weighted by Crippen LogP contribution is 2.08. The third-order valence-electron chi connectivity index (χ3n) is 2.07. The van der Waals surface area contributed by atoms with Crippen molar-refractivity contribution in [2.45, 2.75) is 33.5 Å². The van der Waals surface area contributed by atoms with Gasteiger partial charge in [-0.2, -0.15) is 4.94 Å². The Morgan fingerprint density at radius 2 is 1.35 bits per heavy atom. The van der Waals surface area contributed by atoms with Crippen LogP contribution in [0.4, 0.5) is 17.7 Å². The number of hydrogen-bond acceptors (Lipinski definition) is 5. The SMILES string of the molecule is C.C.FCCCOF.FCCOCC1CO1.FCOCC1CO1. The second-order valence-electron chi connectivity index (χ2n) is 4.01. The molecule has 0 bridgehead atoms. The Kier molecular flexibility index (Phi) is 25.6. The molecular formula is C14H30F4O5. The summed E-state index contributed by atoms with van der Waals surface area (Å²) in [5.41, 5.74) is 0. The van der Waals surface area contributed by atoms with Gasteiger partial charge in [-0.25, -0.2) is 8.78 Å². The normalized spacial score (nSPS) is 19.8. The molecule has 2 saturated heterocycles. The van der Waals surface area contributed by atoms with Crippen molar-refractivity contribution in [2.75, 3.05) is 59.9 Å². The molecule has 0 aromatic rings. The number of ether oxygens (including phenoxy) is 4. The molecule has 2 fully saturated rings. The van der Waals surface area contributed by atoms with Crippen molar-refractivity contribution in [1.29, 1.82) is 0 Å². The molecule has 5 nitrogen and oxygen atoms in total. The van der Waals surface area contributed by atoms with E-state index in [1.54, 1.807) is 0 Å². The predicted molar refractivity (Wildman–Crippen MR) is 79.3 cm³/mol. The van der Waals surface area contributed by atoms with Crippen LogP contribution >= 0.6 is 0 Å². The molecule has 2 heterocycles. The lowest BCUT2D eigenvalue weighted by Gasteiger charge is -1.93. The first kappa shape index (κ1) is 27.4. The first-order chi connectivity index (χ1) is 10.3. The van der Waals surface area contributed by atoms with Crippen LogP contribution in [0, 0.1) is 0 Å². The third kappa shape index (κ3) is 26.7. The molecule has 23 heavy (non-hydrogen) atoms. The van der Waals surface area contributed by atoms with Gasteiger partial charge in [0, 0.05) is 6.42 Å². The molecule has 0 saturated carbocycles. The maximum Gasteiger partial charge on any atom is 0.188 e. The van der Waals surface area contributed by atoms with Gasteiger partial charge < -0.3 is 18.9 Å². The molecule has 0 aromatic heterocycles. The summed E-state index contributed by atoms with van der Waals surface area (Å²) in [6, 6.07) is 0. The Hall–Kier alpha value is -0.480. The maximum absolute atomic E-state index is 11.3. The van der Waals surface area contributed by atoms with Crippen molar-refractivity contribution < 1.29 is 41.6 Å². The number of alkyl halides is 3. The number of rotatable bonds is 10. The summed E-state index contributed by atoms with van der Waals surface area (Å²) < 4.78 is 62.5. The molecule has 0 N–H and O–H groups in total. The van der Waals surface area contributed by atoms with Crippen molar-refractivity contribution in [3.8, 4) is 0 Å². The lowest BCUT2D eigenvalue weighted by Crippen LogP contribution is -2.03. The third-order valence-corrected chi connectivity index (χ3v) is 2.07. The van der Waals surface area contributed by atoms with Gasteiger partial charge in [0.15, 0.2) is 6.86 Å². The van der Waals surface area contributed by atoms with Crippen LogP contribution in [-0.4, -0.2) is 72.1 Å².